The van der Waals surface area contributed by atoms with E-state index in [1.165, 1.54) is 0 Å². The molecule has 0 aliphatic rings. The number of aromatic nitrogens is 1. The van der Waals surface area contributed by atoms with Crippen LogP contribution in [0.1, 0.15) is 46.1 Å². The first kappa shape index (κ1) is 16.0. The van der Waals surface area contributed by atoms with Gasteiger partial charge >= 0.3 is 5.97 Å². The Morgan fingerprint density at radius 1 is 1.04 bits per heavy atom. The SMILES string of the molecule is CCOC(=O)c1oc(C(c2ccccc2)c2ccccc2)nc1C. The van der Waals surface area contributed by atoms with Crippen molar-refractivity contribution in [1.82, 2.24) is 4.98 Å². The highest BCUT2D eigenvalue weighted by atomic mass is 16.5. The van der Waals surface area contributed by atoms with Crippen LogP contribution >= 0.6 is 0 Å². The monoisotopic (exact) mass is 321 g/mol. The van der Waals surface area contributed by atoms with E-state index in [2.05, 4.69) is 4.98 Å². The molecule has 0 atom stereocenters. The van der Waals surface area contributed by atoms with Crippen LogP contribution < -0.4 is 0 Å². The highest BCUT2D eigenvalue weighted by Gasteiger charge is 2.26. The Hall–Kier alpha value is -2.88. The van der Waals surface area contributed by atoms with Crippen LogP contribution in [0.4, 0.5) is 0 Å². The molecule has 0 saturated heterocycles. The highest BCUT2D eigenvalue weighted by molar-refractivity contribution is 5.87. The van der Waals surface area contributed by atoms with Crippen molar-refractivity contribution in [2.45, 2.75) is 19.8 Å². The number of esters is 1. The lowest BCUT2D eigenvalue weighted by molar-refractivity contribution is 0.0486. The van der Waals surface area contributed by atoms with Crippen LogP contribution in [-0.4, -0.2) is 17.6 Å². The third-order valence-corrected chi connectivity index (χ3v) is 3.79. The molecule has 0 unspecified atom stereocenters. The molecule has 4 nitrogen and oxygen atoms in total. The summed E-state index contributed by atoms with van der Waals surface area (Å²) in [6.07, 6.45) is 0. The highest BCUT2D eigenvalue weighted by Crippen LogP contribution is 2.32. The lowest BCUT2D eigenvalue weighted by Crippen LogP contribution is -2.05. The van der Waals surface area contributed by atoms with Crippen molar-refractivity contribution in [1.29, 1.82) is 0 Å². The van der Waals surface area contributed by atoms with E-state index in [1.54, 1.807) is 13.8 Å². The van der Waals surface area contributed by atoms with E-state index in [0.717, 1.165) is 11.1 Å². The third kappa shape index (κ3) is 3.23. The van der Waals surface area contributed by atoms with E-state index in [0.29, 0.717) is 18.2 Å². The first-order chi connectivity index (χ1) is 11.7. The molecule has 3 aromatic rings. The molecule has 0 bridgehead atoms. The van der Waals surface area contributed by atoms with E-state index in [1.807, 2.05) is 60.7 Å². The summed E-state index contributed by atoms with van der Waals surface area (Å²) < 4.78 is 10.9. The second-order valence-corrected chi connectivity index (χ2v) is 5.44. The molecule has 0 fully saturated rings. The number of benzene rings is 2. The number of carbonyl (C=O) groups excluding carboxylic acids is 1. The molecule has 0 saturated carbocycles. The zero-order chi connectivity index (χ0) is 16.9. The molecule has 1 aromatic heterocycles. The molecule has 0 amide bonds. The molecule has 24 heavy (non-hydrogen) atoms. The first-order valence-electron chi connectivity index (χ1n) is 7.95. The van der Waals surface area contributed by atoms with E-state index >= 15 is 0 Å². The number of hydrogen-bond donors (Lipinski definition) is 0. The van der Waals surface area contributed by atoms with Crippen LogP contribution in [-0.2, 0) is 4.74 Å². The molecule has 1 heterocycles. The van der Waals surface area contributed by atoms with Gasteiger partial charge in [0.1, 0.15) is 0 Å². The average Bonchev–Trinajstić information content (AvgIpc) is 2.99. The van der Waals surface area contributed by atoms with Gasteiger partial charge in [0.2, 0.25) is 11.7 Å². The molecular weight excluding hydrogens is 302 g/mol. The maximum absolute atomic E-state index is 12.0. The summed E-state index contributed by atoms with van der Waals surface area (Å²) in [6.45, 7) is 3.82. The minimum atomic E-state index is -0.478. The summed E-state index contributed by atoms with van der Waals surface area (Å²) >= 11 is 0. The fraction of sp³-hybridized carbons (Fsp3) is 0.200. The van der Waals surface area contributed by atoms with Crippen molar-refractivity contribution in [3.8, 4) is 0 Å². The quantitative estimate of drug-likeness (QED) is 0.656. The van der Waals surface area contributed by atoms with Gasteiger partial charge in [0, 0.05) is 0 Å². The number of aryl methyl sites for hydroxylation is 1. The Bertz CT molecular complexity index is 770. The maximum Gasteiger partial charge on any atom is 0.376 e. The summed E-state index contributed by atoms with van der Waals surface area (Å²) in [6, 6.07) is 20.0. The first-order valence-corrected chi connectivity index (χ1v) is 7.95. The summed E-state index contributed by atoms with van der Waals surface area (Å²) in [5, 5.41) is 0. The molecule has 2 aromatic carbocycles. The summed E-state index contributed by atoms with van der Waals surface area (Å²) in [5.41, 5.74) is 2.65. The van der Waals surface area contributed by atoms with E-state index in [9.17, 15) is 4.79 Å². The van der Waals surface area contributed by atoms with Gasteiger partial charge in [-0.2, -0.15) is 0 Å². The normalized spacial score (nSPS) is 10.8. The Kier molecular flexibility index (Phi) is 4.75. The number of nitrogens with zero attached hydrogens (tertiary/aromatic N) is 1. The summed E-state index contributed by atoms with van der Waals surface area (Å²) in [5.74, 6) is 0.0135. The van der Waals surface area contributed by atoms with Gasteiger partial charge in [-0.25, -0.2) is 9.78 Å². The van der Waals surface area contributed by atoms with Crippen molar-refractivity contribution < 1.29 is 13.9 Å². The molecule has 4 heteroatoms. The van der Waals surface area contributed by atoms with Crippen molar-refractivity contribution in [2.24, 2.45) is 0 Å². The second kappa shape index (κ2) is 7.13. The summed E-state index contributed by atoms with van der Waals surface area (Å²) in [7, 11) is 0. The van der Waals surface area contributed by atoms with Crippen LogP contribution in [0.2, 0.25) is 0 Å². The maximum atomic E-state index is 12.0. The van der Waals surface area contributed by atoms with Gasteiger partial charge in [-0.1, -0.05) is 60.7 Å². The van der Waals surface area contributed by atoms with Crippen LogP contribution in [0.5, 0.6) is 0 Å². The number of ether oxygens (including phenoxy) is 1. The summed E-state index contributed by atoms with van der Waals surface area (Å²) in [4.78, 5) is 16.5. The number of hydrogen-bond acceptors (Lipinski definition) is 4. The lowest BCUT2D eigenvalue weighted by atomic mass is 9.91. The molecule has 0 N–H and O–H groups in total. The Balaban J connectivity index is 2.07. The largest absolute Gasteiger partial charge is 0.460 e. The fourth-order valence-electron chi connectivity index (χ4n) is 2.70. The zero-order valence-electron chi connectivity index (χ0n) is 13.7. The van der Waals surface area contributed by atoms with Crippen LogP contribution in [0.3, 0.4) is 0 Å². The number of oxazole rings is 1. The third-order valence-electron chi connectivity index (χ3n) is 3.79. The molecule has 0 spiro atoms. The van der Waals surface area contributed by atoms with Crippen LogP contribution in [0.15, 0.2) is 65.1 Å². The minimum Gasteiger partial charge on any atom is -0.460 e. The van der Waals surface area contributed by atoms with Gasteiger partial charge in [-0.15, -0.1) is 0 Å². The van der Waals surface area contributed by atoms with Crippen molar-refractivity contribution >= 4 is 5.97 Å². The molecule has 3 rings (SSSR count). The zero-order valence-corrected chi connectivity index (χ0v) is 13.7. The van der Waals surface area contributed by atoms with E-state index in [-0.39, 0.29) is 11.7 Å². The standard InChI is InChI=1S/C20H19NO3/c1-3-23-20(22)18-14(2)21-19(24-18)17(15-10-6-4-7-11-15)16-12-8-5-9-13-16/h4-13,17H,3H2,1-2H3. The van der Waals surface area contributed by atoms with Gasteiger partial charge < -0.3 is 9.15 Å². The van der Waals surface area contributed by atoms with E-state index in [4.69, 9.17) is 9.15 Å². The van der Waals surface area contributed by atoms with Gasteiger partial charge in [-0.3, -0.25) is 0 Å². The topological polar surface area (TPSA) is 52.3 Å². The van der Waals surface area contributed by atoms with E-state index < -0.39 is 5.97 Å². The van der Waals surface area contributed by atoms with Crippen molar-refractivity contribution in [2.75, 3.05) is 6.61 Å². The number of rotatable bonds is 5. The molecule has 0 aliphatic heterocycles. The lowest BCUT2D eigenvalue weighted by Gasteiger charge is -2.14. The van der Waals surface area contributed by atoms with Gasteiger partial charge in [0.25, 0.3) is 0 Å². The van der Waals surface area contributed by atoms with Gasteiger partial charge in [-0.05, 0) is 25.0 Å². The van der Waals surface area contributed by atoms with Crippen LogP contribution in [0.25, 0.3) is 0 Å². The predicted molar refractivity (Wildman–Crippen MR) is 91.0 cm³/mol. The number of carbonyl (C=O) groups is 1. The average molecular weight is 321 g/mol. The Morgan fingerprint density at radius 3 is 2.08 bits per heavy atom. The molecular formula is C20H19NO3. The van der Waals surface area contributed by atoms with Crippen molar-refractivity contribution in [3.63, 3.8) is 0 Å². The smallest absolute Gasteiger partial charge is 0.376 e. The molecule has 0 radical (unpaired) electrons. The van der Waals surface area contributed by atoms with Crippen molar-refractivity contribution in [3.05, 3.63) is 89.1 Å². The van der Waals surface area contributed by atoms with Gasteiger partial charge in [0.15, 0.2) is 0 Å². The Morgan fingerprint density at radius 2 is 1.58 bits per heavy atom. The van der Waals surface area contributed by atoms with Gasteiger partial charge in [0.05, 0.1) is 18.2 Å². The Labute approximate surface area is 141 Å². The second-order valence-electron chi connectivity index (χ2n) is 5.44. The molecule has 0 aliphatic carbocycles. The molecule has 122 valence electrons. The fourth-order valence-corrected chi connectivity index (χ4v) is 2.70. The minimum absolute atomic E-state index is 0.170. The van der Waals surface area contributed by atoms with Crippen LogP contribution in [0, 0.1) is 6.92 Å². The predicted octanol–water partition coefficient (Wildman–Crippen LogP) is 4.34.